The lowest BCUT2D eigenvalue weighted by Crippen LogP contribution is -2.22. The Morgan fingerprint density at radius 2 is 2.25 bits per heavy atom. The molecule has 3 heteroatoms. The van der Waals surface area contributed by atoms with Crippen LogP contribution >= 0.6 is 0 Å². The summed E-state index contributed by atoms with van der Waals surface area (Å²) in [5, 5.41) is 9.48. The predicted octanol–water partition coefficient (Wildman–Crippen LogP) is 0.796. The lowest BCUT2D eigenvalue weighted by molar-refractivity contribution is -0.123. The number of pyridine rings is 1. The van der Waals surface area contributed by atoms with Crippen molar-refractivity contribution in [2.45, 2.75) is 19.4 Å². The van der Waals surface area contributed by atoms with Gasteiger partial charge in [0.25, 0.3) is 0 Å². The van der Waals surface area contributed by atoms with E-state index in [9.17, 15) is 9.90 Å². The van der Waals surface area contributed by atoms with E-state index < -0.39 is 5.60 Å². The van der Waals surface area contributed by atoms with Crippen molar-refractivity contribution < 1.29 is 9.90 Å². The summed E-state index contributed by atoms with van der Waals surface area (Å²) in [7, 11) is 0. The maximum Gasteiger partial charge on any atom is 0.155 e. The van der Waals surface area contributed by atoms with Crippen LogP contribution in [-0.4, -0.2) is 16.4 Å². The molecule has 1 aromatic rings. The molecule has 0 fully saturated rings. The van der Waals surface area contributed by atoms with Gasteiger partial charge in [-0.1, -0.05) is 6.07 Å². The van der Waals surface area contributed by atoms with Gasteiger partial charge in [-0.05, 0) is 19.9 Å². The van der Waals surface area contributed by atoms with Gasteiger partial charge < -0.3 is 5.11 Å². The Hall–Kier alpha value is -1.22. The van der Waals surface area contributed by atoms with Gasteiger partial charge in [0.05, 0.1) is 0 Å². The maximum atomic E-state index is 10.4. The molecule has 1 heterocycles. The van der Waals surface area contributed by atoms with Crippen molar-refractivity contribution in [3.05, 3.63) is 29.6 Å². The second kappa shape index (κ2) is 3.03. The molecular formula is C9H11NO2. The van der Waals surface area contributed by atoms with E-state index in [4.69, 9.17) is 0 Å². The summed E-state index contributed by atoms with van der Waals surface area (Å²) in [6, 6.07) is 3.45. The summed E-state index contributed by atoms with van der Waals surface area (Å²) in [5.41, 5.74) is -0.0377. The van der Waals surface area contributed by atoms with Crippen LogP contribution in [0.1, 0.15) is 18.2 Å². The topological polar surface area (TPSA) is 50.2 Å². The Morgan fingerprint density at radius 3 is 2.67 bits per heavy atom. The van der Waals surface area contributed by atoms with Gasteiger partial charge in [-0.25, -0.2) is 0 Å². The molecular weight excluding hydrogens is 154 g/mol. The van der Waals surface area contributed by atoms with Gasteiger partial charge in [0.1, 0.15) is 5.60 Å². The number of carbonyl (C=O) groups excluding carboxylic acids is 1. The normalized spacial score (nSPS) is 15.2. The highest BCUT2D eigenvalue weighted by Crippen LogP contribution is 2.16. The number of aldehydes is 1. The lowest BCUT2D eigenvalue weighted by atomic mass is 10.00. The molecule has 0 aliphatic heterocycles. The average molecular weight is 165 g/mol. The van der Waals surface area contributed by atoms with Crippen LogP contribution in [0.4, 0.5) is 0 Å². The fourth-order valence-electron chi connectivity index (χ4n) is 0.835. The second-order valence-corrected chi connectivity index (χ2v) is 2.95. The molecule has 1 N–H and O–H groups in total. The summed E-state index contributed by atoms with van der Waals surface area (Å²) in [6.07, 6.45) is 2.00. The standard InChI is InChI=1S/C9H11NO2/c1-7-3-4-8(5-10-7)9(2,12)6-11/h3-6,12H,1-2H3. The van der Waals surface area contributed by atoms with E-state index in [1.807, 2.05) is 6.92 Å². The molecule has 1 atom stereocenters. The smallest absolute Gasteiger partial charge is 0.155 e. The fraction of sp³-hybridized carbons (Fsp3) is 0.333. The minimum Gasteiger partial charge on any atom is -0.378 e. The molecule has 3 nitrogen and oxygen atoms in total. The summed E-state index contributed by atoms with van der Waals surface area (Å²) >= 11 is 0. The number of nitrogens with zero attached hydrogens (tertiary/aromatic N) is 1. The zero-order valence-electron chi connectivity index (χ0n) is 7.11. The molecule has 0 amide bonds. The maximum absolute atomic E-state index is 10.4. The molecule has 64 valence electrons. The van der Waals surface area contributed by atoms with Crippen molar-refractivity contribution in [1.29, 1.82) is 0 Å². The van der Waals surface area contributed by atoms with E-state index in [1.165, 1.54) is 13.1 Å². The first-order valence-corrected chi connectivity index (χ1v) is 3.68. The fourth-order valence-corrected chi connectivity index (χ4v) is 0.835. The zero-order valence-corrected chi connectivity index (χ0v) is 7.11. The van der Waals surface area contributed by atoms with E-state index in [0.29, 0.717) is 11.8 Å². The third-order valence-electron chi connectivity index (χ3n) is 1.73. The average Bonchev–Trinajstić information content (AvgIpc) is 2.05. The van der Waals surface area contributed by atoms with Gasteiger partial charge in [0.15, 0.2) is 6.29 Å². The van der Waals surface area contributed by atoms with Gasteiger partial charge in [0, 0.05) is 17.5 Å². The summed E-state index contributed by atoms with van der Waals surface area (Å²) in [4.78, 5) is 14.4. The molecule has 0 aromatic carbocycles. The predicted molar refractivity (Wildman–Crippen MR) is 44.6 cm³/mol. The van der Waals surface area contributed by atoms with Gasteiger partial charge >= 0.3 is 0 Å². The molecule has 1 aromatic heterocycles. The quantitative estimate of drug-likeness (QED) is 0.659. The number of aryl methyl sites for hydroxylation is 1. The van der Waals surface area contributed by atoms with Gasteiger partial charge in [0.2, 0.25) is 0 Å². The number of aliphatic hydroxyl groups is 1. The van der Waals surface area contributed by atoms with Crippen LogP contribution in [0.25, 0.3) is 0 Å². The lowest BCUT2D eigenvalue weighted by Gasteiger charge is -2.14. The van der Waals surface area contributed by atoms with E-state index in [-0.39, 0.29) is 0 Å². The van der Waals surface area contributed by atoms with E-state index >= 15 is 0 Å². The molecule has 0 spiro atoms. The monoisotopic (exact) mass is 165 g/mol. The molecule has 0 bridgehead atoms. The third-order valence-corrected chi connectivity index (χ3v) is 1.73. The Morgan fingerprint density at radius 1 is 1.58 bits per heavy atom. The first kappa shape index (κ1) is 8.87. The highest BCUT2D eigenvalue weighted by molar-refractivity contribution is 5.64. The van der Waals surface area contributed by atoms with Crippen LogP contribution in [-0.2, 0) is 10.4 Å². The Kier molecular flexibility index (Phi) is 2.24. The Bertz CT molecular complexity index is 277. The van der Waals surface area contributed by atoms with Gasteiger partial charge in [-0.2, -0.15) is 0 Å². The second-order valence-electron chi connectivity index (χ2n) is 2.95. The summed E-state index contributed by atoms with van der Waals surface area (Å²) < 4.78 is 0. The van der Waals surface area contributed by atoms with Crippen LogP contribution < -0.4 is 0 Å². The molecule has 0 saturated carbocycles. The van der Waals surface area contributed by atoms with Crippen molar-refractivity contribution in [1.82, 2.24) is 4.98 Å². The number of hydrogen-bond acceptors (Lipinski definition) is 3. The van der Waals surface area contributed by atoms with Crippen molar-refractivity contribution in [3.8, 4) is 0 Å². The number of carbonyl (C=O) groups is 1. The summed E-state index contributed by atoms with van der Waals surface area (Å²) in [6.45, 7) is 3.28. The zero-order chi connectivity index (χ0) is 9.19. The van der Waals surface area contributed by atoms with E-state index in [0.717, 1.165) is 5.69 Å². The number of hydrogen-bond donors (Lipinski definition) is 1. The highest BCUT2D eigenvalue weighted by Gasteiger charge is 2.21. The first-order valence-electron chi connectivity index (χ1n) is 3.68. The number of rotatable bonds is 2. The van der Waals surface area contributed by atoms with Crippen molar-refractivity contribution in [2.24, 2.45) is 0 Å². The highest BCUT2D eigenvalue weighted by atomic mass is 16.3. The molecule has 1 rings (SSSR count). The van der Waals surface area contributed by atoms with Gasteiger partial charge in [-0.15, -0.1) is 0 Å². The number of aromatic nitrogens is 1. The van der Waals surface area contributed by atoms with Crippen LogP contribution in [0, 0.1) is 6.92 Å². The molecule has 0 radical (unpaired) electrons. The van der Waals surface area contributed by atoms with Crippen LogP contribution in [0.5, 0.6) is 0 Å². The summed E-state index contributed by atoms with van der Waals surface area (Å²) in [5.74, 6) is 0. The van der Waals surface area contributed by atoms with Crippen molar-refractivity contribution >= 4 is 6.29 Å². The van der Waals surface area contributed by atoms with Crippen LogP contribution in [0.2, 0.25) is 0 Å². The van der Waals surface area contributed by atoms with Gasteiger partial charge in [-0.3, -0.25) is 9.78 Å². The molecule has 1 unspecified atom stereocenters. The van der Waals surface area contributed by atoms with Crippen LogP contribution in [0.3, 0.4) is 0 Å². The minimum absolute atomic E-state index is 0.499. The third kappa shape index (κ3) is 1.68. The van der Waals surface area contributed by atoms with Crippen molar-refractivity contribution in [3.63, 3.8) is 0 Å². The van der Waals surface area contributed by atoms with Crippen LogP contribution in [0.15, 0.2) is 18.3 Å². The van der Waals surface area contributed by atoms with E-state index in [1.54, 1.807) is 12.1 Å². The molecule has 0 saturated heterocycles. The molecule has 0 aliphatic rings. The largest absolute Gasteiger partial charge is 0.378 e. The molecule has 0 aliphatic carbocycles. The van der Waals surface area contributed by atoms with Crippen molar-refractivity contribution in [2.75, 3.05) is 0 Å². The van der Waals surface area contributed by atoms with E-state index in [2.05, 4.69) is 4.98 Å². The molecule has 12 heavy (non-hydrogen) atoms. The Balaban J connectivity index is 3.04. The first-order chi connectivity index (χ1) is 5.56. The minimum atomic E-state index is -1.42. The Labute approximate surface area is 71.1 Å². The SMILES string of the molecule is Cc1ccc(C(C)(O)C=O)cn1.